The largest absolute Gasteiger partial charge is 0.384 e. The van der Waals surface area contributed by atoms with Crippen LogP contribution in [-0.2, 0) is 11.3 Å². The highest BCUT2D eigenvalue weighted by Gasteiger charge is 2.62. The Kier molecular flexibility index (Phi) is 5.45. The first-order valence-electron chi connectivity index (χ1n) is 11.3. The van der Waals surface area contributed by atoms with Gasteiger partial charge in [-0.3, -0.25) is 19.5 Å². The van der Waals surface area contributed by atoms with Crippen molar-refractivity contribution in [1.29, 1.82) is 5.41 Å². The fourth-order valence-electron chi connectivity index (χ4n) is 6.29. The smallest absolute Gasteiger partial charge is 0.228 e. The van der Waals surface area contributed by atoms with Crippen LogP contribution in [0.25, 0.3) is 0 Å². The molecule has 0 unspecified atom stereocenters. The highest BCUT2D eigenvalue weighted by Crippen LogP contribution is 2.55. The Morgan fingerprint density at radius 1 is 1.12 bits per heavy atom. The number of nitrogen functional groups attached to an aromatic ring is 1. The molecule has 3 aliphatic heterocycles. The van der Waals surface area contributed by atoms with Crippen LogP contribution in [0.15, 0.2) is 48.5 Å². The second-order valence-electron chi connectivity index (χ2n) is 9.17. The van der Waals surface area contributed by atoms with E-state index in [1.54, 1.807) is 12.1 Å². The number of halogens is 2. The summed E-state index contributed by atoms with van der Waals surface area (Å²) >= 11 is 0. The molecule has 5 atom stereocenters. The van der Waals surface area contributed by atoms with E-state index in [9.17, 15) is 13.6 Å². The van der Waals surface area contributed by atoms with E-state index < -0.39 is 6.67 Å². The predicted octanol–water partition coefficient (Wildman–Crippen LogP) is 3.63. The molecule has 0 radical (unpaired) electrons. The van der Waals surface area contributed by atoms with Gasteiger partial charge in [-0.1, -0.05) is 36.4 Å². The molecule has 2 aromatic rings. The lowest BCUT2D eigenvalue weighted by Gasteiger charge is -2.33. The van der Waals surface area contributed by atoms with Crippen LogP contribution in [0, 0.1) is 23.1 Å². The number of likely N-dealkylation sites (tertiary alicyclic amines) is 1. The Hall–Kier alpha value is -2.80. The fourth-order valence-corrected chi connectivity index (χ4v) is 6.29. The lowest BCUT2D eigenvalue weighted by atomic mass is 9.81. The first-order valence-corrected chi connectivity index (χ1v) is 11.3. The maximum absolute atomic E-state index is 13.8. The van der Waals surface area contributed by atoms with Crippen molar-refractivity contribution in [2.45, 2.75) is 43.9 Å². The number of amides is 1. The number of alkyl halides is 1. The topological polar surface area (TPSA) is 73.4 Å². The Balaban J connectivity index is 1.50. The third-order valence-corrected chi connectivity index (χ3v) is 7.55. The van der Waals surface area contributed by atoms with Crippen LogP contribution in [0.3, 0.4) is 0 Å². The van der Waals surface area contributed by atoms with Crippen LogP contribution in [0.1, 0.15) is 42.0 Å². The molecule has 0 bridgehead atoms. The Morgan fingerprint density at radius 3 is 2.50 bits per heavy atom. The van der Waals surface area contributed by atoms with Crippen LogP contribution < -0.4 is 5.73 Å². The molecule has 5 rings (SSSR count). The Morgan fingerprint density at radius 2 is 1.84 bits per heavy atom. The third kappa shape index (κ3) is 3.39. The van der Waals surface area contributed by atoms with Gasteiger partial charge in [0, 0.05) is 36.2 Å². The summed E-state index contributed by atoms with van der Waals surface area (Å²) in [4.78, 5) is 18.1. The molecule has 3 heterocycles. The van der Waals surface area contributed by atoms with Gasteiger partial charge in [0.2, 0.25) is 5.91 Å². The van der Waals surface area contributed by atoms with Crippen molar-refractivity contribution in [2.24, 2.45) is 17.6 Å². The highest BCUT2D eigenvalue weighted by atomic mass is 19.1. The van der Waals surface area contributed by atoms with Gasteiger partial charge in [0.1, 0.15) is 11.7 Å². The van der Waals surface area contributed by atoms with Crippen molar-refractivity contribution in [3.05, 3.63) is 71.0 Å². The Labute approximate surface area is 186 Å². The second-order valence-corrected chi connectivity index (χ2v) is 9.17. The lowest BCUT2D eigenvalue weighted by molar-refractivity contribution is -0.134. The number of rotatable bonds is 6. The van der Waals surface area contributed by atoms with E-state index in [1.165, 1.54) is 12.1 Å². The summed E-state index contributed by atoms with van der Waals surface area (Å²) in [5.41, 5.74) is 8.18. The first kappa shape index (κ1) is 21.1. The molecule has 0 spiro atoms. The minimum Gasteiger partial charge on any atom is -0.384 e. The first-order chi connectivity index (χ1) is 15.5. The molecule has 3 aliphatic rings. The maximum atomic E-state index is 13.8. The summed E-state index contributed by atoms with van der Waals surface area (Å²) in [5, 5.41) is 7.65. The summed E-state index contributed by atoms with van der Waals surface area (Å²) in [7, 11) is 0. The summed E-state index contributed by atoms with van der Waals surface area (Å²) in [6, 6.07) is 13.9. The lowest BCUT2D eigenvalue weighted by Crippen LogP contribution is -2.42. The fraction of sp³-hybridized carbons (Fsp3) is 0.440. The van der Waals surface area contributed by atoms with Crippen molar-refractivity contribution in [1.82, 2.24) is 9.80 Å². The SMILES string of the molecule is N=C(N)c1ccc([C@H]2[C@H]3C(=O)N(Cc4ccc(F)cc4)[C@H](CCF)[C@H]3[C@@H]3CCCN32)cc1. The van der Waals surface area contributed by atoms with Crippen molar-refractivity contribution in [3.8, 4) is 0 Å². The molecule has 5 nitrogen and oxygen atoms in total. The molecule has 168 valence electrons. The van der Waals surface area contributed by atoms with Gasteiger partial charge in [0.05, 0.1) is 12.6 Å². The minimum absolute atomic E-state index is 0.0188. The third-order valence-electron chi connectivity index (χ3n) is 7.55. The van der Waals surface area contributed by atoms with E-state index in [0.29, 0.717) is 18.5 Å². The summed E-state index contributed by atoms with van der Waals surface area (Å²) < 4.78 is 27.0. The second kappa shape index (κ2) is 8.28. The number of nitrogens with zero attached hydrogens (tertiary/aromatic N) is 2. The molecular formula is C25H28F2N4O. The number of benzene rings is 2. The van der Waals surface area contributed by atoms with E-state index in [2.05, 4.69) is 4.90 Å². The Bertz CT molecular complexity index is 1010. The number of nitrogens with two attached hydrogens (primary N) is 1. The standard InChI is InChI=1S/C25H28F2N4O/c26-12-11-20-21-19-2-1-13-30(19)23(16-5-7-17(8-6-16)24(28)29)22(21)25(32)31(20)14-15-3-9-18(27)10-4-15/h3-10,19-23H,1-2,11-14H2,(H3,28,29)/t19-,20+,21+,22-,23-/m0/s1. The zero-order chi connectivity index (χ0) is 22.4. The van der Waals surface area contributed by atoms with Crippen LogP contribution in [0.2, 0.25) is 0 Å². The number of fused-ring (bicyclic) bond motifs is 3. The van der Waals surface area contributed by atoms with Crippen molar-refractivity contribution >= 4 is 11.7 Å². The van der Waals surface area contributed by atoms with Crippen LogP contribution in [0.5, 0.6) is 0 Å². The van der Waals surface area contributed by atoms with Gasteiger partial charge < -0.3 is 10.6 Å². The molecule has 3 saturated heterocycles. The number of amidine groups is 1. The van der Waals surface area contributed by atoms with Crippen LogP contribution in [-0.4, -0.2) is 46.8 Å². The highest BCUT2D eigenvalue weighted by molar-refractivity contribution is 5.95. The van der Waals surface area contributed by atoms with Gasteiger partial charge in [-0.15, -0.1) is 0 Å². The average Bonchev–Trinajstić information content (AvgIpc) is 3.44. The van der Waals surface area contributed by atoms with E-state index in [4.69, 9.17) is 11.1 Å². The van der Waals surface area contributed by atoms with E-state index in [1.807, 2.05) is 29.2 Å². The van der Waals surface area contributed by atoms with Gasteiger partial charge in [-0.25, -0.2) is 4.39 Å². The molecule has 1 amide bonds. The molecule has 0 aromatic heterocycles. The van der Waals surface area contributed by atoms with Gasteiger partial charge in [-0.05, 0) is 49.1 Å². The summed E-state index contributed by atoms with van der Waals surface area (Å²) in [6.45, 7) is 0.843. The molecule has 0 saturated carbocycles. The van der Waals surface area contributed by atoms with E-state index in [0.717, 1.165) is 30.5 Å². The van der Waals surface area contributed by atoms with E-state index in [-0.39, 0.29) is 47.5 Å². The molecule has 2 aromatic carbocycles. The number of hydrogen-bond donors (Lipinski definition) is 2. The monoisotopic (exact) mass is 438 g/mol. The maximum Gasteiger partial charge on any atom is 0.228 e. The van der Waals surface area contributed by atoms with Gasteiger partial charge in [0.15, 0.2) is 0 Å². The molecular weight excluding hydrogens is 410 g/mol. The summed E-state index contributed by atoms with van der Waals surface area (Å²) in [5.74, 6) is -0.369. The average molecular weight is 439 g/mol. The van der Waals surface area contributed by atoms with Crippen LogP contribution >= 0.6 is 0 Å². The molecule has 0 aliphatic carbocycles. The quantitative estimate of drug-likeness (QED) is 0.534. The molecule has 32 heavy (non-hydrogen) atoms. The van der Waals surface area contributed by atoms with Crippen molar-refractivity contribution < 1.29 is 13.6 Å². The molecule has 7 heteroatoms. The van der Waals surface area contributed by atoms with Crippen molar-refractivity contribution in [3.63, 3.8) is 0 Å². The summed E-state index contributed by atoms with van der Waals surface area (Å²) in [6.07, 6.45) is 2.42. The number of carbonyl (C=O) groups is 1. The predicted molar refractivity (Wildman–Crippen MR) is 118 cm³/mol. The zero-order valence-corrected chi connectivity index (χ0v) is 17.9. The van der Waals surface area contributed by atoms with Gasteiger partial charge in [0.25, 0.3) is 0 Å². The van der Waals surface area contributed by atoms with Gasteiger partial charge in [-0.2, -0.15) is 0 Å². The van der Waals surface area contributed by atoms with Crippen LogP contribution in [0.4, 0.5) is 8.78 Å². The zero-order valence-electron chi connectivity index (χ0n) is 17.9. The molecule has 3 N–H and O–H groups in total. The normalized spacial score (nSPS) is 29.4. The van der Waals surface area contributed by atoms with Gasteiger partial charge >= 0.3 is 0 Å². The number of carbonyl (C=O) groups excluding carboxylic acids is 1. The van der Waals surface area contributed by atoms with Crippen molar-refractivity contribution in [2.75, 3.05) is 13.2 Å². The van der Waals surface area contributed by atoms with E-state index >= 15 is 0 Å². The molecule has 3 fully saturated rings. The number of nitrogens with one attached hydrogen (secondary N) is 1. The number of hydrogen-bond acceptors (Lipinski definition) is 3. The minimum atomic E-state index is -0.466.